The predicted octanol–water partition coefficient (Wildman–Crippen LogP) is 2.55. The van der Waals surface area contributed by atoms with E-state index in [0.717, 1.165) is 22.5 Å². The summed E-state index contributed by atoms with van der Waals surface area (Å²) in [6.45, 7) is 7.98. The zero-order valence-corrected chi connectivity index (χ0v) is 19.7. The monoisotopic (exact) mass is 459 g/mol. The number of para-hydroxylation sites is 1. The van der Waals surface area contributed by atoms with Crippen LogP contribution in [0.2, 0.25) is 0 Å². The van der Waals surface area contributed by atoms with Gasteiger partial charge in [0.15, 0.2) is 5.69 Å². The molecule has 0 radical (unpaired) electrons. The van der Waals surface area contributed by atoms with Crippen molar-refractivity contribution in [1.29, 1.82) is 0 Å². The number of amides is 2. The lowest BCUT2D eigenvalue weighted by molar-refractivity contribution is -0.117. The molecule has 0 spiro atoms. The second-order valence-electron chi connectivity index (χ2n) is 8.61. The maximum absolute atomic E-state index is 13.1. The number of nitrogens with one attached hydrogen (secondary N) is 1. The summed E-state index contributed by atoms with van der Waals surface area (Å²) in [5.41, 5.74) is 3.97. The number of carbonyl (C=O) groups is 2. The van der Waals surface area contributed by atoms with Gasteiger partial charge < -0.3 is 10.2 Å². The third kappa shape index (κ3) is 5.07. The van der Waals surface area contributed by atoms with E-state index in [4.69, 9.17) is 0 Å². The molecule has 1 aliphatic rings. The SMILES string of the molecule is Cc1cccc(NC(=O)CN2CCN(C(=O)c3nn(-c4ccccc4)c(C)cc3=O)CC2)c1C. The van der Waals surface area contributed by atoms with E-state index in [2.05, 4.69) is 10.4 Å². The number of anilines is 1. The van der Waals surface area contributed by atoms with Crippen LogP contribution in [0, 0.1) is 20.8 Å². The maximum Gasteiger partial charge on any atom is 0.278 e. The predicted molar refractivity (Wildman–Crippen MR) is 131 cm³/mol. The standard InChI is InChI=1S/C26H29N5O3/c1-18-8-7-11-22(20(18)3)27-24(33)17-29-12-14-30(15-13-29)26(34)25-23(32)16-19(2)31(28-25)21-9-5-4-6-10-21/h4-11,16H,12-15,17H2,1-3H3,(H,27,33). The summed E-state index contributed by atoms with van der Waals surface area (Å²) >= 11 is 0. The van der Waals surface area contributed by atoms with Crippen molar-refractivity contribution < 1.29 is 9.59 Å². The maximum atomic E-state index is 13.1. The van der Waals surface area contributed by atoms with Gasteiger partial charge in [0.1, 0.15) is 0 Å². The topological polar surface area (TPSA) is 87.5 Å². The number of aromatic nitrogens is 2. The van der Waals surface area contributed by atoms with Gasteiger partial charge in [0.2, 0.25) is 11.3 Å². The summed E-state index contributed by atoms with van der Waals surface area (Å²) in [6, 6.07) is 16.7. The highest BCUT2D eigenvalue weighted by Gasteiger charge is 2.26. The summed E-state index contributed by atoms with van der Waals surface area (Å²) in [4.78, 5) is 41.8. The molecule has 4 rings (SSSR count). The fourth-order valence-electron chi connectivity index (χ4n) is 4.06. The minimum atomic E-state index is -0.384. The average molecular weight is 460 g/mol. The van der Waals surface area contributed by atoms with Crippen LogP contribution >= 0.6 is 0 Å². The third-order valence-corrected chi connectivity index (χ3v) is 6.22. The van der Waals surface area contributed by atoms with Gasteiger partial charge in [-0.25, -0.2) is 4.68 Å². The first-order chi connectivity index (χ1) is 16.3. The molecule has 1 aromatic heterocycles. The molecular formula is C26H29N5O3. The van der Waals surface area contributed by atoms with E-state index in [1.165, 1.54) is 6.07 Å². The fraction of sp³-hybridized carbons (Fsp3) is 0.308. The lowest BCUT2D eigenvalue weighted by Crippen LogP contribution is -2.51. The van der Waals surface area contributed by atoms with Crippen molar-refractivity contribution in [3.05, 3.63) is 87.3 Å². The number of aryl methyl sites for hydroxylation is 2. The van der Waals surface area contributed by atoms with Gasteiger partial charge in [-0.15, -0.1) is 0 Å². The Morgan fingerprint density at radius 3 is 2.35 bits per heavy atom. The molecule has 2 amide bonds. The lowest BCUT2D eigenvalue weighted by Gasteiger charge is -2.34. The molecular weight excluding hydrogens is 430 g/mol. The largest absolute Gasteiger partial charge is 0.335 e. The van der Waals surface area contributed by atoms with E-state index in [9.17, 15) is 14.4 Å². The highest BCUT2D eigenvalue weighted by Crippen LogP contribution is 2.18. The van der Waals surface area contributed by atoms with Crippen molar-refractivity contribution in [3.8, 4) is 5.69 Å². The Labute approximate surface area is 198 Å². The molecule has 176 valence electrons. The van der Waals surface area contributed by atoms with Crippen LogP contribution in [0.25, 0.3) is 5.69 Å². The van der Waals surface area contributed by atoms with Gasteiger partial charge in [-0.3, -0.25) is 19.3 Å². The fourth-order valence-corrected chi connectivity index (χ4v) is 4.06. The molecule has 3 aromatic rings. The first-order valence-electron chi connectivity index (χ1n) is 11.4. The molecule has 1 saturated heterocycles. The Hall–Kier alpha value is -3.78. The normalized spacial score (nSPS) is 14.1. The number of carbonyl (C=O) groups excluding carboxylic acids is 2. The van der Waals surface area contributed by atoms with Crippen LogP contribution in [-0.2, 0) is 4.79 Å². The Morgan fingerprint density at radius 2 is 1.65 bits per heavy atom. The number of piperazine rings is 1. The second-order valence-corrected chi connectivity index (χ2v) is 8.61. The molecule has 0 aliphatic carbocycles. The molecule has 1 N–H and O–H groups in total. The average Bonchev–Trinajstić information content (AvgIpc) is 2.83. The van der Waals surface area contributed by atoms with E-state index in [1.54, 1.807) is 16.5 Å². The van der Waals surface area contributed by atoms with Crippen LogP contribution in [0.1, 0.15) is 27.3 Å². The second kappa shape index (κ2) is 10.0. The van der Waals surface area contributed by atoms with Gasteiger partial charge in [0, 0.05) is 43.6 Å². The zero-order valence-electron chi connectivity index (χ0n) is 19.7. The van der Waals surface area contributed by atoms with E-state index in [-0.39, 0.29) is 29.5 Å². The molecule has 8 nitrogen and oxygen atoms in total. The Balaban J connectivity index is 1.39. The van der Waals surface area contributed by atoms with Crippen molar-refractivity contribution >= 4 is 17.5 Å². The van der Waals surface area contributed by atoms with E-state index in [1.807, 2.05) is 67.3 Å². The molecule has 2 heterocycles. The molecule has 1 fully saturated rings. The van der Waals surface area contributed by atoms with Gasteiger partial charge in [-0.2, -0.15) is 5.10 Å². The van der Waals surface area contributed by atoms with Gasteiger partial charge in [-0.1, -0.05) is 30.3 Å². The number of rotatable bonds is 5. The molecule has 0 saturated carbocycles. The van der Waals surface area contributed by atoms with Gasteiger partial charge >= 0.3 is 0 Å². The zero-order chi connectivity index (χ0) is 24.2. The van der Waals surface area contributed by atoms with Gasteiger partial charge in [0.25, 0.3) is 5.91 Å². The van der Waals surface area contributed by atoms with Crippen LogP contribution < -0.4 is 10.7 Å². The smallest absolute Gasteiger partial charge is 0.278 e. The first-order valence-corrected chi connectivity index (χ1v) is 11.4. The third-order valence-electron chi connectivity index (χ3n) is 6.22. The number of benzene rings is 2. The minimum Gasteiger partial charge on any atom is -0.335 e. The first kappa shape index (κ1) is 23.4. The van der Waals surface area contributed by atoms with E-state index >= 15 is 0 Å². The molecule has 1 aliphatic heterocycles. The van der Waals surface area contributed by atoms with Crippen LogP contribution in [0.15, 0.2) is 59.4 Å². The highest BCUT2D eigenvalue weighted by molar-refractivity contribution is 5.93. The van der Waals surface area contributed by atoms with Crippen molar-refractivity contribution in [2.45, 2.75) is 20.8 Å². The quantitative estimate of drug-likeness (QED) is 0.634. The molecule has 0 bridgehead atoms. The Kier molecular flexibility index (Phi) is 6.88. The van der Waals surface area contributed by atoms with Crippen molar-refractivity contribution in [1.82, 2.24) is 19.6 Å². The highest BCUT2D eigenvalue weighted by atomic mass is 16.2. The van der Waals surface area contributed by atoms with Crippen molar-refractivity contribution in [2.75, 3.05) is 38.0 Å². The van der Waals surface area contributed by atoms with E-state index < -0.39 is 0 Å². The van der Waals surface area contributed by atoms with Gasteiger partial charge in [-0.05, 0) is 50.1 Å². The minimum absolute atomic E-state index is 0.0839. The summed E-state index contributed by atoms with van der Waals surface area (Å²) in [7, 11) is 0. The summed E-state index contributed by atoms with van der Waals surface area (Å²) in [5.74, 6) is -0.464. The van der Waals surface area contributed by atoms with Crippen LogP contribution in [0.4, 0.5) is 5.69 Å². The molecule has 0 unspecified atom stereocenters. The van der Waals surface area contributed by atoms with Crippen LogP contribution in [0.3, 0.4) is 0 Å². The number of hydrogen-bond donors (Lipinski definition) is 1. The Morgan fingerprint density at radius 1 is 0.941 bits per heavy atom. The summed E-state index contributed by atoms with van der Waals surface area (Å²) < 4.78 is 1.61. The summed E-state index contributed by atoms with van der Waals surface area (Å²) in [6.07, 6.45) is 0. The number of nitrogens with zero attached hydrogens (tertiary/aromatic N) is 4. The molecule has 0 atom stereocenters. The van der Waals surface area contributed by atoms with Gasteiger partial charge in [0.05, 0.1) is 12.2 Å². The number of hydrogen-bond acceptors (Lipinski definition) is 5. The van der Waals surface area contributed by atoms with Crippen molar-refractivity contribution in [2.24, 2.45) is 0 Å². The molecule has 2 aromatic carbocycles. The van der Waals surface area contributed by atoms with Crippen molar-refractivity contribution in [3.63, 3.8) is 0 Å². The lowest BCUT2D eigenvalue weighted by atomic mass is 10.1. The molecule has 34 heavy (non-hydrogen) atoms. The van der Waals surface area contributed by atoms with Crippen LogP contribution in [0.5, 0.6) is 0 Å². The van der Waals surface area contributed by atoms with Crippen LogP contribution in [-0.4, -0.2) is 64.1 Å². The molecule has 8 heteroatoms. The van der Waals surface area contributed by atoms with E-state index in [0.29, 0.717) is 31.9 Å². The Bertz CT molecular complexity index is 1260. The summed E-state index contributed by atoms with van der Waals surface area (Å²) in [5, 5.41) is 7.36.